The minimum atomic E-state index is -0.434. The monoisotopic (exact) mass is 444 g/mol. The van der Waals surface area contributed by atoms with E-state index in [-0.39, 0.29) is 18.3 Å². The smallest absolute Gasteiger partial charge is 0.260 e. The second-order valence-electron chi connectivity index (χ2n) is 9.22. The first-order chi connectivity index (χ1) is 15.9. The molecule has 1 fully saturated rings. The molecule has 2 aliphatic rings. The molecule has 0 unspecified atom stereocenters. The van der Waals surface area contributed by atoms with Crippen LogP contribution in [0.5, 0.6) is 5.75 Å². The number of carbonyl (C=O) groups excluding carboxylic acids is 2. The topological polar surface area (TPSA) is 86.8 Å². The first kappa shape index (κ1) is 21.4. The van der Waals surface area contributed by atoms with Gasteiger partial charge in [-0.3, -0.25) is 14.6 Å². The van der Waals surface area contributed by atoms with Gasteiger partial charge in [0.1, 0.15) is 5.75 Å². The third kappa shape index (κ3) is 3.62. The lowest BCUT2D eigenvalue weighted by atomic mass is 9.71. The van der Waals surface area contributed by atoms with Gasteiger partial charge in [0.15, 0.2) is 12.4 Å². The summed E-state index contributed by atoms with van der Waals surface area (Å²) in [7, 11) is 0. The van der Waals surface area contributed by atoms with Crippen LogP contribution in [-0.2, 0) is 16.8 Å². The van der Waals surface area contributed by atoms with Gasteiger partial charge in [-0.05, 0) is 42.1 Å². The van der Waals surface area contributed by atoms with Crippen molar-refractivity contribution in [2.24, 2.45) is 4.99 Å². The normalized spacial score (nSPS) is 16.9. The van der Waals surface area contributed by atoms with E-state index in [0.717, 1.165) is 46.4 Å². The predicted octanol–water partition coefficient (Wildman–Crippen LogP) is 3.05. The van der Waals surface area contributed by atoms with E-state index in [9.17, 15) is 9.59 Å². The Bertz CT molecular complexity index is 1270. The number of H-pyrrole nitrogens is 1. The summed E-state index contributed by atoms with van der Waals surface area (Å²) in [4.78, 5) is 35.3. The van der Waals surface area contributed by atoms with Crippen LogP contribution >= 0.6 is 0 Å². The number of rotatable bonds is 5. The van der Waals surface area contributed by atoms with Crippen molar-refractivity contribution in [3.8, 4) is 5.75 Å². The highest BCUT2D eigenvalue weighted by atomic mass is 16.5. The molecular weight excluding hydrogens is 416 g/mol. The Morgan fingerprint density at radius 1 is 1.18 bits per heavy atom. The van der Waals surface area contributed by atoms with Gasteiger partial charge in [-0.1, -0.05) is 26.0 Å². The first-order valence-electron chi connectivity index (χ1n) is 11.3. The molecule has 2 heterocycles. The van der Waals surface area contributed by atoms with Crippen molar-refractivity contribution in [1.82, 2.24) is 15.2 Å². The van der Waals surface area contributed by atoms with Gasteiger partial charge >= 0.3 is 0 Å². The molecule has 33 heavy (non-hydrogen) atoms. The van der Waals surface area contributed by atoms with Crippen LogP contribution in [0.1, 0.15) is 46.6 Å². The van der Waals surface area contributed by atoms with Crippen molar-refractivity contribution in [3.05, 3.63) is 64.3 Å². The molecule has 1 amide bonds. The fourth-order valence-electron chi connectivity index (χ4n) is 4.92. The van der Waals surface area contributed by atoms with Crippen LogP contribution in [0.4, 0.5) is 0 Å². The van der Waals surface area contributed by atoms with Gasteiger partial charge in [0.25, 0.3) is 5.91 Å². The number of nitrogens with one attached hydrogen (secondary N) is 2. The molecule has 2 aromatic carbocycles. The summed E-state index contributed by atoms with van der Waals surface area (Å²) in [5.74, 6) is 0.577. The number of benzene rings is 2. The van der Waals surface area contributed by atoms with Crippen molar-refractivity contribution in [2.75, 3.05) is 32.8 Å². The number of aromatic nitrogens is 1. The Balaban J connectivity index is 1.46. The molecule has 0 saturated carbocycles. The molecule has 1 saturated heterocycles. The fourth-order valence-corrected chi connectivity index (χ4v) is 4.92. The highest BCUT2D eigenvalue weighted by molar-refractivity contribution is 6.20. The van der Waals surface area contributed by atoms with E-state index in [4.69, 9.17) is 4.74 Å². The van der Waals surface area contributed by atoms with Gasteiger partial charge in [-0.25, -0.2) is 0 Å². The number of amides is 1. The molecule has 0 radical (unpaired) electrons. The van der Waals surface area contributed by atoms with Gasteiger partial charge < -0.3 is 19.9 Å². The van der Waals surface area contributed by atoms with Crippen LogP contribution in [-0.4, -0.2) is 61.1 Å². The molecule has 1 aliphatic carbocycles. The number of ether oxygens (including phenoxy) is 1. The lowest BCUT2D eigenvalue weighted by Gasteiger charge is -2.32. The average molecular weight is 445 g/mol. The minimum Gasteiger partial charge on any atom is -0.484 e. The second kappa shape index (κ2) is 8.15. The Labute approximate surface area is 192 Å². The maximum atomic E-state index is 13.5. The van der Waals surface area contributed by atoms with Crippen molar-refractivity contribution < 1.29 is 14.3 Å². The molecule has 3 aromatic rings. The average Bonchev–Trinajstić information content (AvgIpc) is 3.22. The quantitative estimate of drug-likeness (QED) is 0.592. The summed E-state index contributed by atoms with van der Waals surface area (Å²) >= 11 is 0. The van der Waals surface area contributed by atoms with E-state index < -0.39 is 5.41 Å². The molecule has 7 heteroatoms. The Morgan fingerprint density at radius 2 is 1.97 bits per heavy atom. The van der Waals surface area contributed by atoms with E-state index >= 15 is 0 Å². The standard InChI is InChI=1S/C26H28N4O3/c1-26(2)20-13-17(33-15-22(31)30-10-8-28-9-11-30)5-7-18(20)24(32)23-19-6-4-16(14-27-3)12-21(19)29-25(23)26/h4-7,12-13,28-29H,3,8-11,14-15H2,1-2H3. The van der Waals surface area contributed by atoms with Gasteiger partial charge in [0.2, 0.25) is 0 Å². The zero-order chi connectivity index (χ0) is 23.2. The highest BCUT2D eigenvalue weighted by Gasteiger charge is 2.39. The predicted molar refractivity (Wildman–Crippen MR) is 128 cm³/mol. The Hall–Kier alpha value is -3.45. The molecule has 0 atom stereocenters. The number of fused-ring (bicyclic) bond motifs is 4. The summed E-state index contributed by atoms with van der Waals surface area (Å²) in [5, 5.41) is 4.16. The molecule has 1 aliphatic heterocycles. The van der Waals surface area contributed by atoms with Crippen molar-refractivity contribution in [1.29, 1.82) is 0 Å². The summed E-state index contributed by atoms with van der Waals surface area (Å²) in [6, 6.07) is 11.5. The van der Waals surface area contributed by atoms with Crippen LogP contribution in [0.3, 0.4) is 0 Å². The second-order valence-corrected chi connectivity index (χ2v) is 9.22. The number of hydrogen-bond acceptors (Lipinski definition) is 5. The number of piperazine rings is 1. The van der Waals surface area contributed by atoms with Crippen molar-refractivity contribution >= 4 is 29.3 Å². The van der Waals surface area contributed by atoms with Gasteiger partial charge in [0.05, 0.1) is 12.1 Å². The summed E-state index contributed by atoms with van der Waals surface area (Å²) in [6.45, 7) is 11.3. The zero-order valence-corrected chi connectivity index (χ0v) is 19.0. The lowest BCUT2D eigenvalue weighted by Crippen LogP contribution is -2.47. The van der Waals surface area contributed by atoms with Gasteiger partial charge in [-0.2, -0.15) is 0 Å². The molecule has 5 rings (SSSR count). The highest BCUT2D eigenvalue weighted by Crippen LogP contribution is 2.44. The third-order valence-corrected chi connectivity index (χ3v) is 6.75. The zero-order valence-electron chi connectivity index (χ0n) is 19.0. The van der Waals surface area contributed by atoms with Crippen LogP contribution in [0, 0.1) is 0 Å². The number of aromatic amines is 1. The lowest BCUT2D eigenvalue weighted by molar-refractivity contribution is -0.133. The number of aliphatic imine (C=N–C) groups is 1. The third-order valence-electron chi connectivity index (χ3n) is 6.75. The van der Waals surface area contributed by atoms with Crippen molar-refractivity contribution in [2.45, 2.75) is 25.8 Å². The molecule has 7 nitrogen and oxygen atoms in total. The number of carbonyl (C=O) groups is 2. The fraction of sp³-hybridized carbons (Fsp3) is 0.346. The minimum absolute atomic E-state index is 0.00335. The molecule has 170 valence electrons. The number of nitrogens with zero attached hydrogens (tertiary/aromatic N) is 2. The Kier molecular flexibility index (Phi) is 5.29. The van der Waals surface area contributed by atoms with E-state index in [1.165, 1.54) is 0 Å². The van der Waals surface area contributed by atoms with Gasteiger partial charge in [-0.15, -0.1) is 0 Å². The number of hydrogen-bond donors (Lipinski definition) is 2. The maximum absolute atomic E-state index is 13.5. The van der Waals surface area contributed by atoms with E-state index in [1.54, 1.807) is 6.07 Å². The Morgan fingerprint density at radius 3 is 2.73 bits per heavy atom. The summed E-state index contributed by atoms with van der Waals surface area (Å²) in [6.07, 6.45) is 0. The molecule has 2 N–H and O–H groups in total. The van der Waals surface area contributed by atoms with E-state index in [0.29, 0.717) is 30.9 Å². The van der Waals surface area contributed by atoms with Crippen LogP contribution < -0.4 is 10.1 Å². The SMILES string of the molecule is C=NCc1ccc2c3c([nH]c2c1)C(C)(C)c1cc(OCC(=O)N2CCNCC2)ccc1C3=O. The summed E-state index contributed by atoms with van der Waals surface area (Å²) < 4.78 is 5.86. The summed E-state index contributed by atoms with van der Waals surface area (Å²) in [5.41, 5.74) is 4.72. The largest absolute Gasteiger partial charge is 0.484 e. The van der Waals surface area contributed by atoms with Crippen LogP contribution in [0.25, 0.3) is 10.9 Å². The van der Waals surface area contributed by atoms with E-state index in [2.05, 4.69) is 35.9 Å². The molecule has 1 aromatic heterocycles. The van der Waals surface area contributed by atoms with Crippen LogP contribution in [0.2, 0.25) is 0 Å². The van der Waals surface area contributed by atoms with Gasteiger partial charge in [0, 0.05) is 53.8 Å². The first-order valence-corrected chi connectivity index (χ1v) is 11.3. The number of ketones is 1. The van der Waals surface area contributed by atoms with Crippen molar-refractivity contribution in [3.63, 3.8) is 0 Å². The van der Waals surface area contributed by atoms with Crippen LogP contribution in [0.15, 0.2) is 41.4 Å². The molecule has 0 bridgehead atoms. The molecule has 0 spiro atoms. The van der Waals surface area contributed by atoms with E-state index in [1.807, 2.05) is 35.2 Å². The molecular formula is C26H28N4O3. The maximum Gasteiger partial charge on any atom is 0.260 e.